The maximum atomic E-state index is 13.8. The van der Waals surface area contributed by atoms with Gasteiger partial charge in [0.15, 0.2) is 0 Å². The van der Waals surface area contributed by atoms with Crippen LogP contribution in [0.25, 0.3) is 5.52 Å². The fraction of sp³-hybridized carbons (Fsp3) is 0.414. The van der Waals surface area contributed by atoms with Crippen molar-refractivity contribution in [2.24, 2.45) is 0 Å². The van der Waals surface area contributed by atoms with Crippen LogP contribution in [-0.2, 0) is 13.0 Å². The summed E-state index contributed by atoms with van der Waals surface area (Å²) in [5.74, 6) is 1.51. The average Bonchev–Trinajstić information content (AvgIpc) is 3.45. The lowest BCUT2D eigenvalue weighted by Crippen LogP contribution is -2.54. The molecule has 5 heterocycles. The molecule has 1 aromatic carbocycles. The van der Waals surface area contributed by atoms with Crippen LogP contribution in [0.1, 0.15) is 47.7 Å². The third-order valence-electron chi connectivity index (χ3n) is 8.39. The van der Waals surface area contributed by atoms with Gasteiger partial charge in [0, 0.05) is 37.6 Å². The van der Waals surface area contributed by atoms with E-state index in [4.69, 9.17) is 9.47 Å². The topological polar surface area (TPSA) is 79.6 Å². The molecule has 9 nitrogen and oxygen atoms in total. The van der Waals surface area contributed by atoms with Crippen LogP contribution >= 0.6 is 0 Å². The van der Waals surface area contributed by atoms with Crippen LogP contribution in [0.5, 0.6) is 11.5 Å². The van der Waals surface area contributed by atoms with Crippen LogP contribution in [0.4, 0.5) is 4.79 Å². The van der Waals surface area contributed by atoms with E-state index in [-0.39, 0.29) is 11.9 Å². The lowest BCUT2D eigenvalue weighted by Gasteiger charge is -2.44. The standard InChI is InChI=1S/C29H33N5O4/c1-4-33-28(36)32-19-20-16-21(37-2)17-25(38-3)22(20)8-7-10-26(32)29(33)11-14-31(15-12-29)27(35)23-18-30-34-13-6-5-9-24(23)34/h5-6,9-10,13,16-18H,4,7-8,11-12,14-15,19H2,1-3H3/b26-10-. The second-order valence-electron chi connectivity index (χ2n) is 10.1. The molecule has 2 saturated heterocycles. The van der Waals surface area contributed by atoms with E-state index in [1.807, 2.05) is 58.2 Å². The molecule has 0 N–H and O–H groups in total. The number of urea groups is 1. The van der Waals surface area contributed by atoms with Crippen LogP contribution in [0.3, 0.4) is 0 Å². The molecule has 6 rings (SSSR count). The number of carbonyl (C=O) groups is 2. The minimum Gasteiger partial charge on any atom is -0.497 e. The Kier molecular flexibility index (Phi) is 6.01. The molecule has 0 saturated carbocycles. The van der Waals surface area contributed by atoms with Crippen molar-refractivity contribution in [3.63, 3.8) is 0 Å². The minimum absolute atomic E-state index is 0.00922. The summed E-state index contributed by atoms with van der Waals surface area (Å²) < 4.78 is 12.9. The third-order valence-corrected chi connectivity index (χ3v) is 8.39. The second-order valence-corrected chi connectivity index (χ2v) is 10.1. The predicted molar refractivity (Wildman–Crippen MR) is 142 cm³/mol. The molecule has 1 spiro atoms. The molecule has 198 valence electrons. The van der Waals surface area contributed by atoms with Crippen LogP contribution in [-0.4, -0.2) is 75.6 Å². The lowest BCUT2D eigenvalue weighted by molar-refractivity contribution is 0.0577. The van der Waals surface area contributed by atoms with Crippen molar-refractivity contribution >= 4 is 17.5 Å². The number of amides is 3. The smallest absolute Gasteiger partial charge is 0.325 e. The van der Waals surface area contributed by atoms with E-state index < -0.39 is 5.54 Å². The number of ether oxygens (including phenoxy) is 2. The van der Waals surface area contributed by atoms with Crippen molar-refractivity contribution in [3.05, 3.63) is 71.2 Å². The molecule has 38 heavy (non-hydrogen) atoms. The van der Waals surface area contributed by atoms with Crippen LogP contribution in [0.15, 0.2) is 54.5 Å². The summed E-state index contributed by atoms with van der Waals surface area (Å²) >= 11 is 0. The summed E-state index contributed by atoms with van der Waals surface area (Å²) in [4.78, 5) is 33.2. The van der Waals surface area contributed by atoms with E-state index in [0.29, 0.717) is 44.6 Å². The average molecular weight is 516 g/mol. The number of fused-ring (bicyclic) bond motifs is 4. The SMILES string of the molecule is CCN1C(=O)N2Cc3cc(OC)cc(OC)c3CC/C=C\2C12CCN(C(=O)c1cnn3ccccc13)CC2. The van der Waals surface area contributed by atoms with Crippen molar-refractivity contribution in [1.29, 1.82) is 0 Å². The molecular weight excluding hydrogens is 482 g/mol. The normalized spacial score (nSPS) is 20.0. The summed E-state index contributed by atoms with van der Waals surface area (Å²) in [6, 6.07) is 9.69. The van der Waals surface area contributed by atoms with Gasteiger partial charge in [-0.2, -0.15) is 5.10 Å². The first-order valence-corrected chi connectivity index (χ1v) is 13.3. The van der Waals surface area contributed by atoms with E-state index in [2.05, 4.69) is 11.2 Å². The van der Waals surface area contributed by atoms with E-state index >= 15 is 0 Å². The first-order chi connectivity index (χ1) is 18.5. The Balaban J connectivity index is 1.29. The molecule has 0 bridgehead atoms. The molecule has 0 aliphatic carbocycles. The fourth-order valence-corrected chi connectivity index (χ4v) is 6.51. The summed E-state index contributed by atoms with van der Waals surface area (Å²) in [6.07, 6.45) is 8.78. The molecule has 3 aliphatic heterocycles. The number of methoxy groups -OCH3 is 2. The summed E-state index contributed by atoms with van der Waals surface area (Å²) in [5, 5.41) is 4.34. The first kappa shape index (κ1) is 24.3. The number of likely N-dealkylation sites (tertiary alicyclic amines) is 1. The van der Waals surface area contributed by atoms with Gasteiger partial charge in [-0.15, -0.1) is 0 Å². The largest absolute Gasteiger partial charge is 0.497 e. The van der Waals surface area contributed by atoms with Gasteiger partial charge in [0.2, 0.25) is 0 Å². The Bertz CT molecular complexity index is 1440. The fourth-order valence-electron chi connectivity index (χ4n) is 6.51. The number of aromatic nitrogens is 2. The molecule has 3 aliphatic rings. The van der Waals surface area contributed by atoms with Gasteiger partial charge in [0.25, 0.3) is 5.91 Å². The highest BCUT2D eigenvalue weighted by molar-refractivity contribution is 6.00. The van der Waals surface area contributed by atoms with Gasteiger partial charge in [-0.25, -0.2) is 9.31 Å². The van der Waals surface area contributed by atoms with Gasteiger partial charge < -0.3 is 19.3 Å². The van der Waals surface area contributed by atoms with Gasteiger partial charge in [0.1, 0.15) is 11.5 Å². The molecule has 0 atom stereocenters. The van der Waals surface area contributed by atoms with Crippen LogP contribution in [0, 0.1) is 0 Å². The zero-order valence-corrected chi connectivity index (χ0v) is 22.1. The van der Waals surface area contributed by atoms with Gasteiger partial charge >= 0.3 is 6.03 Å². The first-order valence-electron chi connectivity index (χ1n) is 13.3. The molecule has 2 aromatic heterocycles. The maximum absolute atomic E-state index is 13.8. The number of benzene rings is 1. The molecule has 9 heteroatoms. The summed E-state index contributed by atoms with van der Waals surface area (Å²) in [7, 11) is 3.32. The monoisotopic (exact) mass is 515 g/mol. The van der Waals surface area contributed by atoms with E-state index in [1.165, 1.54) is 0 Å². The van der Waals surface area contributed by atoms with Gasteiger partial charge in [-0.3, -0.25) is 9.69 Å². The summed E-state index contributed by atoms with van der Waals surface area (Å²) in [5.41, 5.74) is 4.25. The number of likely N-dealkylation sites (N-methyl/N-ethyl adjacent to an activating group) is 1. The zero-order valence-electron chi connectivity index (χ0n) is 22.1. The van der Waals surface area contributed by atoms with Crippen molar-refractivity contribution in [1.82, 2.24) is 24.3 Å². The molecule has 3 amide bonds. The van der Waals surface area contributed by atoms with Crippen molar-refractivity contribution in [2.45, 2.75) is 44.7 Å². The van der Waals surface area contributed by atoms with E-state index in [0.717, 1.165) is 46.7 Å². The molecule has 0 unspecified atom stereocenters. The van der Waals surface area contributed by atoms with Gasteiger partial charge in [-0.1, -0.05) is 12.1 Å². The highest BCUT2D eigenvalue weighted by atomic mass is 16.5. The van der Waals surface area contributed by atoms with Crippen molar-refractivity contribution < 1.29 is 19.1 Å². The molecular formula is C29H33N5O4. The third kappa shape index (κ3) is 3.63. The number of hydrogen-bond donors (Lipinski definition) is 0. The highest BCUT2D eigenvalue weighted by Gasteiger charge is 2.54. The van der Waals surface area contributed by atoms with Gasteiger partial charge in [0.05, 0.1) is 43.6 Å². The number of pyridine rings is 1. The van der Waals surface area contributed by atoms with Crippen LogP contribution < -0.4 is 9.47 Å². The number of nitrogens with zero attached hydrogens (tertiary/aromatic N) is 5. The zero-order chi connectivity index (χ0) is 26.4. The lowest BCUT2D eigenvalue weighted by atomic mass is 9.82. The van der Waals surface area contributed by atoms with E-state index in [1.54, 1.807) is 24.9 Å². The maximum Gasteiger partial charge on any atom is 0.325 e. The number of rotatable bonds is 4. The Morgan fingerprint density at radius 3 is 2.68 bits per heavy atom. The number of carbonyl (C=O) groups excluding carboxylic acids is 2. The van der Waals surface area contributed by atoms with Crippen LogP contribution in [0.2, 0.25) is 0 Å². The Morgan fingerprint density at radius 2 is 1.95 bits per heavy atom. The highest BCUT2D eigenvalue weighted by Crippen LogP contribution is 2.46. The van der Waals surface area contributed by atoms with Crippen molar-refractivity contribution in [2.75, 3.05) is 33.9 Å². The van der Waals surface area contributed by atoms with Gasteiger partial charge in [-0.05, 0) is 61.9 Å². The Morgan fingerprint density at radius 1 is 1.13 bits per heavy atom. The number of hydrogen-bond acceptors (Lipinski definition) is 5. The molecule has 2 fully saturated rings. The predicted octanol–water partition coefficient (Wildman–Crippen LogP) is 4.11. The minimum atomic E-state index is -0.413. The number of piperidine rings is 1. The van der Waals surface area contributed by atoms with Crippen molar-refractivity contribution in [3.8, 4) is 11.5 Å². The summed E-state index contributed by atoms with van der Waals surface area (Å²) in [6.45, 7) is 4.28. The molecule has 0 radical (unpaired) electrons. The number of allylic oxidation sites excluding steroid dienone is 1. The Labute approximate surface area is 222 Å². The quantitative estimate of drug-likeness (QED) is 0.523. The Hall–Kier alpha value is -4.01. The second kappa shape index (κ2) is 9.38. The van der Waals surface area contributed by atoms with E-state index in [9.17, 15) is 9.59 Å². The molecule has 3 aromatic rings.